The maximum absolute atomic E-state index is 12.3. The van der Waals surface area contributed by atoms with Crippen molar-refractivity contribution in [3.05, 3.63) is 54.0 Å². The first-order chi connectivity index (χ1) is 13.9. The summed E-state index contributed by atoms with van der Waals surface area (Å²) in [5.74, 6) is -0.399. The Labute approximate surface area is 169 Å². The fourth-order valence-corrected chi connectivity index (χ4v) is 4.19. The molecule has 1 saturated heterocycles. The molecule has 1 fully saturated rings. The number of hydrogen-bond donors (Lipinski definition) is 1. The van der Waals surface area contributed by atoms with Crippen molar-refractivity contribution in [3.63, 3.8) is 0 Å². The minimum absolute atomic E-state index is 0.0128. The third-order valence-corrected chi connectivity index (χ3v) is 6.28. The number of carbonyl (C=O) groups is 2. The molecule has 9 heteroatoms. The molecule has 3 rings (SSSR count). The Morgan fingerprint density at radius 2 is 1.97 bits per heavy atom. The molecule has 1 amide bonds. The number of carbonyl (C=O) groups excluding carboxylic acids is 2. The Balaban J connectivity index is 1.54. The van der Waals surface area contributed by atoms with Gasteiger partial charge in [-0.05, 0) is 62.6 Å². The monoisotopic (exact) mass is 420 g/mol. The number of benzene rings is 1. The van der Waals surface area contributed by atoms with Gasteiger partial charge in [0.1, 0.15) is 5.76 Å². The van der Waals surface area contributed by atoms with Gasteiger partial charge >= 0.3 is 5.97 Å². The van der Waals surface area contributed by atoms with Crippen LogP contribution in [-0.2, 0) is 26.1 Å². The number of piperidine rings is 1. The maximum atomic E-state index is 12.3. The lowest BCUT2D eigenvalue weighted by molar-refractivity contribution is -0.137. The van der Waals surface area contributed by atoms with Gasteiger partial charge in [0.05, 0.1) is 23.3 Å². The van der Waals surface area contributed by atoms with E-state index in [2.05, 4.69) is 4.72 Å². The van der Waals surface area contributed by atoms with E-state index >= 15 is 0 Å². The second-order valence-corrected chi connectivity index (χ2v) is 8.70. The molecule has 1 aliphatic rings. The standard InChI is InChI=1S/C20H24N2O6S/c1-15-5-2-3-11-22(15)19(23)14-28-20(24)16-7-9-18(10-8-16)29(25,26)21-13-17-6-4-12-27-17/h4,6-10,12,15,21H,2-3,5,11,13-14H2,1H3. The lowest BCUT2D eigenvalue weighted by Crippen LogP contribution is -2.44. The molecule has 8 nitrogen and oxygen atoms in total. The van der Waals surface area contributed by atoms with E-state index in [1.165, 1.54) is 30.5 Å². The maximum Gasteiger partial charge on any atom is 0.338 e. The summed E-state index contributed by atoms with van der Waals surface area (Å²) in [5, 5.41) is 0. The van der Waals surface area contributed by atoms with Crippen LogP contribution >= 0.6 is 0 Å². The molecule has 0 spiro atoms. The Morgan fingerprint density at radius 1 is 1.21 bits per heavy atom. The number of likely N-dealkylation sites (tertiary alicyclic amines) is 1. The lowest BCUT2D eigenvalue weighted by Gasteiger charge is -2.33. The molecule has 1 unspecified atom stereocenters. The average Bonchev–Trinajstić information content (AvgIpc) is 3.24. The minimum atomic E-state index is -3.75. The van der Waals surface area contributed by atoms with E-state index < -0.39 is 16.0 Å². The van der Waals surface area contributed by atoms with E-state index in [4.69, 9.17) is 9.15 Å². The van der Waals surface area contributed by atoms with Gasteiger partial charge in [0.25, 0.3) is 5.91 Å². The van der Waals surface area contributed by atoms with Gasteiger partial charge in [-0.15, -0.1) is 0 Å². The third-order valence-electron chi connectivity index (χ3n) is 4.87. The number of hydrogen-bond acceptors (Lipinski definition) is 6. The van der Waals surface area contributed by atoms with Crippen LogP contribution < -0.4 is 4.72 Å². The largest absolute Gasteiger partial charge is 0.468 e. The molecule has 2 heterocycles. The second-order valence-electron chi connectivity index (χ2n) is 6.94. The van der Waals surface area contributed by atoms with Gasteiger partial charge in [0.2, 0.25) is 10.0 Å². The highest BCUT2D eigenvalue weighted by Crippen LogP contribution is 2.17. The number of nitrogens with one attached hydrogen (secondary N) is 1. The summed E-state index contributed by atoms with van der Waals surface area (Å²) in [5.41, 5.74) is 0.175. The molecule has 0 saturated carbocycles. The first-order valence-corrected chi connectivity index (χ1v) is 10.9. The second kappa shape index (κ2) is 9.23. The van der Waals surface area contributed by atoms with E-state index in [0.717, 1.165) is 19.3 Å². The summed E-state index contributed by atoms with van der Waals surface area (Å²) in [4.78, 5) is 26.2. The number of furan rings is 1. The molecule has 1 aromatic carbocycles. The highest BCUT2D eigenvalue weighted by Gasteiger charge is 2.24. The van der Waals surface area contributed by atoms with Crippen LogP contribution in [0, 0.1) is 0 Å². The predicted octanol–water partition coefficient (Wildman–Crippen LogP) is 2.32. The molecule has 156 valence electrons. The zero-order valence-electron chi connectivity index (χ0n) is 16.2. The summed E-state index contributed by atoms with van der Waals surface area (Å²) in [6.45, 7) is 2.36. The van der Waals surface area contributed by atoms with Crippen LogP contribution in [0.3, 0.4) is 0 Å². The van der Waals surface area contributed by atoms with Crippen molar-refractivity contribution < 1.29 is 27.2 Å². The molecule has 29 heavy (non-hydrogen) atoms. The number of nitrogens with zero attached hydrogens (tertiary/aromatic N) is 1. The van der Waals surface area contributed by atoms with Gasteiger partial charge in [-0.25, -0.2) is 17.9 Å². The summed E-state index contributed by atoms with van der Waals surface area (Å²) in [7, 11) is -3.75. The van der Waals surface area contributed by atoms with Crippen LogP contribution in [-0.4, -0.2) is 44.4 Å². The zero-order chi connectivity index (χ0) is 20.9. The topological polar surface area (TPSA) is 106 Å². The number of ether oxygens (including phenoxy) is 1. The van der Waals surface area contributed by atoms with Crippen LogP contribution in [0.1, 0.15) is 42.3 Å². The Morgan fingerprint density at radius 3 is 2.62 bits per heavy atom. The Kier molecular flexibility index (Phi) is 6.71. The molecule has 1 aromatic heterocycles. The Bertz CT molecular complexity index is 938. The molecule has 0 radical (unpaired) electrons. The first kappa shape index (κ1) is 21.1. The fraction of sp³-hybridized carbons (Fsp3) is 0.400. The van der Waals surface area contributed by atoms with E-state index in [9.17, 15) is 18.0 Å². The van der Waals surface area contributed by atoms with Crippen molar-refractivity contribution in [2.24, 2.45) is 0 Å². The highest BCUT2D eigenvalue weighted by atomic mass is 32.2. The average molecular weight is 420 g/mol. The smallest absolute Gasteiger partial charge is 0.338 e. The van der Waals surface area contributed by atoms with E-state index in [0.29, 0.717) is 12.3 Å². The molecule has 1 N–H and O–H groups in total. The van der Waals surface area contributed by atoms with Crippen molar-refractivity contribution in [1.82, 2.24) is 9.62 Å². The zero-order valence-corrected chi connectivity index (χ0v) is 17.0. The normalized spacial score (nSPS) is 17.1. The summed E-state index contributed by atoms with van der Waals surface area (Å²) >= 11 is 0. The first-order valence-electron chi connectivity index (χ1n) is 9.45. The van der Waals surface area contributed by atoms with Crippen LogP contribution in [0.5, 0.6) is 0 Å². The lowest BCUT2D eigenvalue weighted by atomic mass is 10.0. The fourth-order valence-electron chi connectivity index (χ4n) is 3.19. The number of esters is 1. The SMILES string of the molecule is CC1CCCCN1C(=O)COC(=O)c1ccc(S(=O)(=O)NCc2ccco2)cc1. The number of amides is 1. The summed E-state index contributed by atoms with van der Waals surface area (Å²) < 4.78 is 37.2. The van der Waals surface area contributed by atoms with Crippen molar-refractivity contribution in [1.29, 1.82) is 0 Å². The van der Waals surface area contributed by atoms with Gasteiger partial charge < -0.3 is 14.1 Å². The quantitative estimate of drug-likeness (QED) is 0.689. The molecule has 0 bridgehead atoms. The van der Waals surface area contributed by atoms with Gasteiger partial charge in [-0.2, -0.15) is 0 Å². The van der Waals surface area contributed by atoms with Gasteiger partial charge in [0, 0.05) is 12.6 Å². The van der Waals surface area contributed by atoms with Crippen molar-refractivity contribution in [2.75, 3.05) is 13.2 Å². The van der Waals surface area contributed by atoms with Crippen molar-refractivity contribution in [3.8, 4) is 0 Å². The molecule has 0 aliphatic carbocycles. The van der Waals surface area contributed by atoms with Crippen LogP contribution in [0.15, 0.2) is 52.0 Å². The van der Waals surface area contributed by atoms with Gasteiger partial charge in [0.15, 0.2) is 6.61 Å². The molecule has 2 aromatic rings. The van der Waals surface area contributed by atoms with Crippen molar-refractivity contribution >= 4 is 21.9 Å². The third kappa shape index (κ3) is 5.45. The van der Waals surface area contributed by atoms with Gasteiger partial charge in [-0.1, -0.05) is 0 Å². The van der Waals surface area contributed by atoms with E-state index in [-0.39, 0.29) is 35.6 Å². The van der Waals surface area contributed by atoms with Crippen LogP contribution in [0.4, 0.5) is 0 Å². The highest BCUT2D eigenvalue weighted by molar-refractivity contribution is 7.89. The number of rotatable bonds is 7. The molecule has 1 aliphatic heterocycles. The van der Waals surface area contributed by atoms with Gasteiger partial charge in [-0.3, -0.25) is 4.79 Å². The van der Waals surface area contributed by atoms with Crippen LogP contribution in [0.25, 0.3) is 0 Å². The molecule has 1 atom stereocenters. The predicted molar refractivity (Wildman–Crippen MR) is 104 cm³/mol. The summed E-state index contributed by atoms with van der Waals surface area (Å²) in [6.07, 6.45) is 4.45. The minimum Gasteiger partial charge on any atom is -0.468 e. The van der Waals surface area contributed by atoms with E-state index in [1.54, 1.807) is 17.0 Å². The Hall–Kier alpha value is -2.65. The summed E-state index contributed by atoms with van der Waals surface area (Å²) in [6, 6.07) is 8.82. The molecular formula is C20H24N2O6S. The number of sulfonamides is 1. The van der Waals surface area contributed by atoms with Crippen molar-refractivity contribution in [2.45, 2.75) is 43.7 Å². The van der Waals surface area contributed by atoms with E-state index in [1.807, 2.05) is 6.92 Å². The molecular weight excluding hydrogens is 396 g/mol. The van der Waals surface area contributed by atoms with Crippen LogP contribution in [0.2, 0.25) is 0 Å².